The summed E-state index contributed by atoms with van der Waals surface area (Å²) in [6, 6.07) is 16.0. The Morgan fingerprint density at radius 3 is 2.33 bits per heavy atom. The second-order valence-electron chi connectivity index (χ2n) is 8.78. The van der Waals surface area contributed by atoms with Gasteiger partial charge in [-0.15, -0.1) is 0 Å². The highest BCUT2D eigenvalue weighted by molar-refractivity contribution is 5.94. The minimum atomic E-state index is -0.130. The van der Waals surface area contributed by atoms with Gasteiger partial charge in [0.1, 0.15) is 5.69 Å². The van der Waals surface area contributed by atoms with Crippen LogP contribution in [0.4, 0.5) is 17.2 Å². The average Bonchev–Trinajstić information content (AvgIpc) is 3.12. The number of aryl methyl sites for hydroxylation is 3. The van der Waals surface area contributed by atoms with Crippen molar-refractivity contribution in [2.24, 2.45) is 5.92 Å². The molecule has 0 unspecified atom stereocenters. The van der Waals surface area contributed by atoms with Gasteiger partial charge < -0.3 is 15.5 Å². The van der Waals surface area contributed by atoms with Crippen LogP contribution < -0.4 is 15.5 Å². The normalized spacial score (nSPS) is 14.2. The number of piperidine rings is 1. The number of carbonyl (C=O) groups excluding carboxylic acids is 2. The molecule has 2 heterocycles. The lowest BCUT2D eigenvalue weighted by molar-refractivity contribution is -0.120. The zero-order valence-corrected chi connectivity index (χ0v) is 19.7. The Kier molecular flexibility index (Phi) is 6.49. The van der Waals surface area contributed by atoms with Crippen molar-refractivity contribution in [3.63, 3.8) is 0 Å². The van der Waals surface area contributed by atoms with E-state index in [1.165, 1.54) is 6.92 Å². The fourth-order valence-electron chi connectivity index (χ4n) is 4.34. The molecule has 1 aliphatic heterocycles. The lowest BCUT2D eigenvalue weighted by Crippen LogP contribution is -2.39. The Labute approximate surface area is 194 Å². The van der Waals surface area contributed by atoms with Crippen molar-refractivity contribution in [2.75, 3.05) is 28.6 Å². The van der Waals surface area contributed by atoms with Gasteiger partial charge in [0.25, 0.3) is 0 Å². The summed E-state index contributed by atoms with van der Waals surface area (Å²) in [6.45, 7) is 8.85. The molecule has 0 radical (unpaired) electrons. The summed E-state index contributed by atoms with van der Waals surface area (Å²) >= 11 is 0. The topological polar surface area (TPSA) is 79.3 Å². The van der Waals surface area contributed by atoms with E-state index in [0.29, 0.717) is 13.1 Å². The molecule has 1 aliphatic rings. The molecule has 7 nitrogen and oxygen atoms in total. The van der Waals surface area contributed by atoms with Crippen molar-refractivity contribution in [2.45, 2.75) is 40.5 Å². The van der Waals surface area contributed by atoms with Gasteiger partial charge >= 0.3 is 0 Å². The van der Waals surface area contributed by atoms with Crippen LogP contribution in [0.15, 0.2) is 48.5 Å². The molecular weight excluding hydrogens is 414 g/mol. The van der Waals surface area contributed by atoms with Gasteiger partial charge in [-0.3, -0.25) is 9.59 Å². The molecule has 172 valence electrons. The van der Waals surface area contributed by atoms with Crippen molar-refractivity contribution < 1.29 is 9.59 Å². The third-order valence-electron chi connectivity index (χ3n) is 6.15. The van der Waals surface area contributed by atoms with Gasteiger partial charge in [-0.05, 0) is 62.9 Å². The molecule has 3 aromatic rings. The molecule has 0 spiro atoms. The Hall–Kier alpha value is -3.61. The van der Waals surface area contributed by atoms with E-state index < -0.39 is 0 Å². The number of amides is 2. The first-order valence-electron chi connectivity index (χ1n) is 11.4. The first kappa shape index (κ1) is 22.6. The summed E-state index contributed by atoms with van der Waals surface area (Å²) in [6.07, 6.45) is 1.46. The van der Waals surface area contributed by atoms with Gasteiger partial charge in [-0.1, -0.05) is 30.3 Å². The fourth-order valence-corrected chi connectivity index (χ4v) is 4.34. The number of nitrogens with one attached hydrogen (secondary N) is 2. The third kappa shape index (κ3) is 4.92. The van der Waals surface area contributed by atoms with Gasteiger partial charge in [-0.25, -0.2) is 4.68 Å². The largest absolute Gasteiger partial charge is 0.355 e. The van der Waals surface area contributed by atoms with Crippen LogP contribution in [0.25, 0.3) is 5.69 Å². The summed E-state index contributed by atoms with van der Waals surface area (Å²) in [7, 11) is 0. The summed E-state index contributed by atoms with van der Waals surface area (Å²) in [4.78, 5) is 27.1. The number of carbonyl (C=O) groups is 2. The quantitative estimate of drug-likeness (QED) is 0.601. The molecule has 0 atom stereocenters. The van der Waals surface area contributed by atoms with Gasteiger partial charge in [0.15, 0.2) is 5.82 Å². The fraction of sp³-hybridized carbons (Fsp3) is 0.346. The number of hydrogen-bond acceptors (Lipinski definition) is 4. The summed E-state index contributed by atoms with van der Waals surface area (Å²) in [5, 5.41) is 10.8. The predicted molar refractivity (Wildman–Crippen MR) is 132 cm³/mol. The predicted octanol–water partition coefficient (Wildman–Crippen LogP) is 4.61. The van der Waals surface area contributed by atoms with E-state index in [1.54, 1.807) is 0 Å². The van der Waals surface area contributed by atoms with Crippen LogP contribution in [0.5, 0.6) is 0 Å². The molecule has 0 bridgehead atoms. The molecule has 0 aliphatic carbocycles. The minimum Gasteiger partial charge on any atom is -0.355 e. The van der Waals surface area contributed by atoms with Crippen LogP contribution in [0, 0.1) is 26.7 Å². The Morgan fingerprint density at radius 2 is 1.67 bits per heavy atom. The molecule has 4 rings (SSSR count). The monoisotopic (exact) mass is 445 g/mol. The molecular formula is C26H31N5O2. The Balaban J connectivity index is 1.54. The van der Waals surface area contributed by atoms with E-state index in [9.17, 15) is 9.59 Å². The number of para-hydroxylation sites is 1. The van der Waals surface area contributed by atoms with Crippen LogP contribution in [-0.2, 0) is 9.59 Å². The molecule has 33 heavy (non-hydrogen) atoms. The van der Waals surface area contributed by atoms with Crippen LogP contribution in [0.3, 0.4) is 0 Å². The first-order chi connectivity index (χ1) is 15.8. The molecule has 2 N–H and O–H groups in total. The van der Waals surface area contributed by atoms with Crippen LogP contribution in [0.1, 0.15) is 36.6 Å². The molecule has 7 heteroatoms. The highest BCUT2D eigenvalue weighted by atomic mass is 16.2. The lowest BCUT2D eigenvalue weighted by Gasteiger charge is -2.33. The van der Waals surface area contributed by atoms with Crippen LogP contribution >= 0.6 is 0 Å². The van der Waals surface area contributed by atoms with Gasteiger partial charge in [0.2, 0.25) is 11.8 Å². The summed E-state index contributed by atoms with van der Waals surface area (Å²) in [5.41, 5.74) is 5.49. The van der Waals surface area contributed by atoms with E-state index in [4.69, 9.17) is 5.10 Å². The third-order valence-corrected chi connectivity index (χ3v) is 6.15. The molecule has 1 aromatic heterocycles. The highest BCUT2D eigenvalue weighted by Gasteiger charge is 2.30. The molecule has 1 saturated heterocycles. The maximum Gasteiger partial charge on any atom is 0.227 e. The Morgan fingerprint density at radius 1 is 0.970 bits per heavy atom. The van der Waals surface area contributed by atoms with Crippen LogP contribution in [0.2, 0.25) is 0 Å². The zero-order valence-electron chi connectivity index (χ0n) is 19.7. The highest BCUT2D eigenvalue weighted by Crippen LogP contribution is 2.35. The van der Waals surface area contributed by atoms with Crippen molar-refractivity contribution in [3.05, 3.63) is 65.4 Å². The first-order valence-corrected chi connectivity index (χ1v) is 11.4. The zero-order chi connectivity index (χ0) is 23.5. The standard InChI is InChI=1S/C26H31N5O2/c1-17-10-11-18(2)23(16-17)28-25(33)21-12-14-30(15-13-21)26-24(27-20(4)32)19(3)29-31(26)22-8-6-5-7-9-22/h5-11,16,21H,12-15H2,1-4H3,(H,27,32)(H,28,33). The van der Waals surface area contributed by atoms with E-state index >= 15 is 0 Å². The number of anilines is 3. The average molecular weight is 446 g/mol. The summed E-state index contributed by atoms with van der Waals surface area (Å²) in [5.74, 6) is 0.745. The second kappa shape index (κ2) is 9.48. The number of rotatable bonds is 5. The van der Waals surface area contributed by atoms with E-state index in [-0.39, 0.29) is 17.7 Å². The van der Waals surface area contributed by atoms with Gasteiger partial charge in [0, 0.05) is 31.6 Å². The Bertz CT molecular complexity index is 1160. The van der Waals surface area contributed by atoms with Crippen molar-refractivity contribution >= 4 is 29.0 Å². The van der Waals surface area contributed by atoms with E-state index in [2.05, 4.69) is 15.5 Å². The molecule has 2 amide bonds. The summed E-state index contributed by atoms with van der Waals surface area (Å²) < 4.78 is 1.89. The lowest BCUT2D eigenvalue weighted by atomic mass is 9.95. The van der Waals surface area contributed by atoms with Crippen molar-refractivity contribution in [1.82, 2.24) is 9.78 Å². The van der Waals surface area contributed by atoms with E-state index in [1.807, 2.05) is 74.0 Å². The molecule has 0 saturated carbocycles. The maximum atomic E-state index is 13.0. The number of nitrogens with zero attached hydrogens (tertiary/aromatic N) is 3. The van der Waals surface area contributed by atoms with Gasteiger partial charge in [0.05, 0.1) is 11.4 Å². The van der Waals surface area contributed by atoms with Gasteiger partial charge in [-0.2, -0.15) is 5.10 Å². The van der Waals surface area contributed by atoms with Crippen LogP contribution in [-0.4, -0.2) is 34.7 Å². The molecule has 2 aromatic carbocycles. The van der Waals surface area contributed by atoms with Crippen molar-refractivity contribution in [1.29, 1.82) is 0 Å². The second-order valence-corrected chi connectivity index (χ2v) is 8.78. The maximum absolute atomic E-state index is 13.0. The SMILES string of the molecule is CC(=O)Nc1c(C)nn(-c2ccccc2)c1N1CCC(C(=O)Nc2cc(C)ccc2C)CC1. The van der Waals surface area contributed by atoms with Crippen molar-refractivity contribution in [3.8, 4) is 5.69 Å². The number of benzene rings is 2. The minimum absolute atomic E-state index is 0.0560. The van der Waals surface area contributed by atoms with E-state index in [0.717, 1.165) is 52.5 Å². The number of hydrogen-bond donors (Lipinski definition) is 2. The molecule has 1 fully saturated rings. The number of aromatic nitrogens is 2. The smallest absolute Gasteiger partial charge is 0.227 e.